The number of hydrogen-bond acceptors (Lipinski definition) is 5. The lowest BCUT2D eigenvalue weighted by Crippen LogP contribution is -2.24. The topological polar surface area (TPSA) is 94.7 Å². The lowest BCUT2D eigenvalue weighted by molar-refractivity contribution is 0.174. The molecule has 0 spiro atoms. The van der Waals surface area contributed by atoms with Crippen LogP contribution in [-0.2, 0) is 6.42 Å². The van der Waals surface area contributed by atoms with Gasteiger partial charge in [-0.1, -0.05) is 26.3 Å². The van der Waals surface area contributed by atoms with Crippen LogP contribution in [0.5, 0.6) is 11.5 Å². The normalized spacial score (nSPS) is 12.4. The Morgan fingerprint density at radius 3 is 2.46 bits per heavy atom. The zero-order valence-electron chi connectivity index (χ0n) is 15.9. The third kappa shape index (κ3) is 5.91. The molecule has 0 fully saturated rings. The van der Waals surface area contributed by atoms with Gasteiger partial charge >= 0.3 is 0 Å². The van der Waals surface area contributed by atoms with E-state index < -0.39 is 0 Å². The summed E-state index contributed by atoms with van der Waals surface area (Å²) >= 11 is 0. The Morgan fingerprint density at radius 1 is 1.12 bits per heavy atom. The Bertz CT molecular complexity index is 741. The van der Waals surface area contributed by atoms with Gasteiger partial charge in [0, 0.05) is 17.9 Å². The van der Waals surface area contributed by atoms with Crippen molar-refractivity contribution in [2.45, 2.75) is 40.5 Å². The van der Waals surface area contributed by atoms with Gasteiger partial charge < -0.3 is 15.2 Å². The molecule has 0 atom stereocenters. The number of aromatic nitrogens is 2. The molecule has 0 radical (unpaired) electrons. The van der Waals surface area contributed by atoms with Gasteiger partial charge in [-0.15, -0.1) is 0 Å². The summed E-state index contributed by atoms with van der Waals surface area (Å²) in [5.74, 6) is 2.33. The lowest BCUT2D eigenvalue weighted by Gasteiger charge is -2.06. The quantitative estimate of drug-likeness (QED) is 0.644. The third-order valence-electron chi connectivity index (χ3n) is 3.34. The summed E-state index contributed by atoms with van der Waals surface area (Å²) in [6, 6.07) is 7.78. The second kappa shape index (κ2) is 9.60. The van der Waals surface area contributed by atoms with Gasteiger partial charge in [-0.3, -0.25) is 10.3 Å². The standard InChI is InChI=1S/C16H19N5O2.C3H8/c1-10-7-11(2)20-16(19-10)21-15(17)18-6-5-12-3-4-13-14(8-12)23-9-22-13;1-3-2/h3-4,7-8H,5-6,9H2,1-2H3,(H3,17,18,19,20,21);3H2,1-2H3. The maximum Gasteiger partial charge on any atom is 0.231 e. The minimum Gasteiger partial charge on any atom is -0.454 e. The highest BCUT2D eigenvalue weighted by Crippen LogP contribution is 2.32. The largest absolute Gasteiger partial charge is 0.454 e. The maximum atomic E-state index is 5.87. The second-order valence-electron chi connectivity index (χ2n) is 6.01. The summed E-state index contributed by atoms with van der Waals surface area (Å²) in [7, 11) is 0. The van der Waals surface area contributed by atoms with Crippen molar-refractivity contribution >= 4 is 11.9 Å². The smallest absolute Gasteiger partial charge is 0.231 e. The van der Waals surface area contributed by atoms with E-state index in [1.807, 2.05) is 38.1 Å². The fourth-order valence-corrected chi connectivity index (χ4v) is 2.34. The van der Waals surface area contributed by atoms with Crippen molar-refractivity contribution in [1.29, 1.82) is 0 Å². The van der Waals surface area contributed by atoms with E-state index >= 15 is 0 Å². The third-order valence-corrected chi connectivity index (χ3v) is 3.34. The molecule has 1 aliphatic heterocycles. The van der Waals surface area contributed by atoms with Gasteiger partial charge in [0.25, 0.3) is 0 Å². The molecule has 7 heteroatoms. The molecule has 0 bridgehead atoms. The minimum atomic E-state index is 0.281. The first kappa shape index (κ1) is 19.5. The van der Waals surface area contributed by atoms with Gasteiger partial charge in [-0.25, -0.2) is 9.97 Å². The predicted molar refractivity (Wildman–Crippen MR) is 104 cm³/mol. The number of aryl methyl sites for hydroxylation is 2. The molecule has 0 saturated heterocycles. The molecule has 0 amide bonds. The number of nitrogens with zero attached hydrogens (tertiary/aromatic N) is 3. The summed E-state index contributed by atoms with van der Waals surface area (Å²) in [5, 5.41) is 2.91. The Hall–Kier alpha value is -2.83. The summed E-state index contributed by atoms with van der Waals surface area (Å²) in [4.78, 5) is 12.8. The van der Waals surface area contributed by atoms with Crippen LogP contribution >= 0.6 is 0 Å². The van der Waals surface area contributed by atoms with Crippen molar-refractivity contribution < 1.29 is 9.47 Å². The van der Waals surface area contributed by atoms with Crippen molar-refractivity contribution in [2.24, 2.45) is 10.7 Å². The van der Waals surface area contributed by atoms with Crippen molar-refractivity contribution in [3.63, 3.8) is 0 Å². The lowest BCUT2D eigenvalue weighted by atomic mass is 10.1. The number of guanidine groups is 1. The van der Waals surface area contributed by atoms with Crippen molar-refractivity contribution in [2.75, 3.05) is 18.7 Å². The number of aliphatic imine (C=N–C) groups is 1. The molecule has 3 rings (SSSR count). The van der Waals surface area contributed by atoms with E-state index in [9.17, 15) is 0 Å². The molecule has 7 nitrogen and oxygen atoms in total. The van der Waals surface area contributed by atoms with Gasteiger partial charge in [-0.2, -0.15) is 0 Å². The molecular formula is C19H27N5O2. The number of nitrogens with two attached hydrogens (primary N) is 1. The molecule has 0 aliphatic carbocycles. The highest BCUT2D eigenvalue weighted by Gasteiger charge is 2.12. The van der Waals surface area contributed by atoms with E-state index in [1.54, 1.807) is 0 Å². The van der Waals surface area contributed by atoms with Crippen LogP contribution in [-0.4, -0.2) is 29.3 Å². The molecule has 26 heavy (non-hydrogen) atoms. The molecule has 3 N–H and O–H groups in total. The average molecular weight is 357 g/mol. The van der Waals surface area contributed by atoms with E-state index in [-0.39, 0.29) is 6.79 Å². The average Bonchev–Trinajstić information content (AvgIpc) is 3.02. The Labute approximate surface area is 154 Å². The van der Waals surface area contributed by atoms with Gasteiger partial charge in [0.2, 0.25) is 12.7 Å². The fraction of sp³-hybridized carbons (Fsp3) is 0.421. The van der Waals surface area contributed by atoms with E-state index in [0.717, 1.165) is 34.9 Å². The first-order chi connectivity index (χ1) is 12.5. The molecule has 2 heterocycles. The van der Waals surface area contributed by atoms with Gasteiger partial charge in [0.15, 0.2) is 17.5 Å². The fourth-order valence-electron chi connectivity index (χ4n) is 2.34. The monoisotopic (exact) mass is 357 g/mol. The number of benzene rings is 1. The van der Waals surface area contributed by atoms with Gasteiger partial charge in [0.05, 0.1) is 0 Å². The van der Waals surface area contributed by atoms with Crippen molar-refractivity contribution in [3.8, 4) is 11.5 Å². The molecule has 1 aromatic heterocycles. The second-order valence-corrected chi connectivity index (χ2v) is 6.01. The first-order valence-electron chi connectivity index (χ1n) is 8.79. The van der Waals surface area contributed by atoms with E-state index in [2.05, 4.69) is 34.1 Å². The first-order valence-corrected chi connectivity index (χ1v) is 8.79. The summed E-state index contributed by atoms with van der Waals surface area (Å²) in [6.07, 6.45) is 2.01. The van der Waals surface area contributed by atoms with Crippen LogP contribution in [0.1, 0.15) is 37.2 Å². The van der Waals surface area contributed by atoms with Gasteiger partial charge in [0.1, 0.15) is 0 Å². The van der Waals surface area contributed by atoms with E-state index in [1.165, 1.54) is 6.42 Å². The van der Waals surface area contributed by atoms with Crippen LogP contribution in [0.3, 0.4) is 0 Å². The molecular weight excluding hydrogens is 330 g/mol. The molecule has 1 aromatic carbocycles. The highest BCUT2D eigenvalue weighted by molar-refractivity contribution is 5.90. The maximum absolute atomic E-state index is 5.87. The number of fused-ring (bicyclic) bond motifs is 1. The molecule has 1 aliphatic rings. The van der Waals surface area contributed by atoms with Crippen LogP contribution in [0.2, 0.25) is 0 Å². The summed E-state index contributed by atoms with van der Waals surface area (Å²) < 4.78 is 10.6. The molecule has 0 saturated carbocycles. The SMILES string of the molecule is CCC.Cc1cc(C)nc(NC(N)=NCCc2ccc3c(c2)OCO3)n1. The summed E-state index contributed by atoms with van der Waals surface area (Å²) in [5.41, 5.74) is 8.76. The Kier molecular flexibility index (Phi) is 7.20. The van der Waals surface area contributed by atoms with Crippen molar-refractivity contribution in [1.82, 2.24) is 9.97 Å². The molecule has 140 valence electrons. The minimum absolute atomic E-state index is 0.281. The van der Waals surface area contributed by atoms with Crippen LogP contribution in [0.15, 0.2) is 29.3 Å². The number of anilines is 1. The van der Waals surface area contributed by atoms with Crippen molar-refractivity contribution in [3.05, 3.63) is 41.2 Å². The van der Waals surface area contributed by atoms with E-state index in [4.69, 9.17) is 15.2 Å². The van der Waals surface area contributed by atoms with Gasteiger partial charge in [-0.05, 0) is 44.0 Å². The van der Waals surface area contributed by atoms with Crippen LogP contribution in [0, 0.1) is 13.8 Å². The zero-order valence-corrected chi connectivity index (χ0v) is 15.9. The predicted octanol–water partition coefficient (Wildman–Crippen LogP) is 3.21. The van der Waals surface area contributed by atoms with Crippen LogP contribution < -0.4 is 20.5 Å². The number of hydrogen-bond donors (Lipinski definition) is 2. The Morgan fingerprint density at radius 2 is 1.77 bits per heavy atom. The Balaban J connectivity index is 0.000000758. The number of ether oxygens (including phenoxy) is 2. The highest BCUT2D eigenvalue weighted by atomic mass is 16.7. The van der Waals surface area contributed by atoms with E-state index in [0.29, 0.717) is 18.5 Å². The summed E-state index contributed by atoms with van der Waals surface area (Å²) in [6.45, 7) is 8.91. The van der Waals surface area contributed by atoms with Crippen LogP contribution in [0.4, 0.5) is 5.95 Å². The zero-order chi connectivity index (χ0) is 18.9. The number of rotatable bonds is 4. The number of nitrogens with one attached hydrogen (secondary N) is 1. The molecule has 2 aromatic rings. The molecule has 0 unspecified atom stereocenters. The van der Waals surface area contributed by atoms with Crippen LogP contribution in [0.25, 0.3) is 0 Å².